The molecule has 2 rings (SSSR count). The molecule has 1 heterocycles. The highest BCUT2D eigenvalue weighted by Crippen LogP contribution is 2.28. The second-order valence-corrected chi connectivity index (χ2v) is 3.45. The lowest BCUT2D eigenvalue weighted by Crippen LogP contribution is -2.06. The Balaban J connectivity index is 2.66. The fourth-order valence-electron chi connectivity index (χ4n) is 1.63. The molecule has 1 aromatic heterocycles. The van der Waals surface area contributed by atoms with Crippen LogP contribution in [0.5, 0.6) is 5.75 Å². The van der Waals surface area contributed by atoms with Crippen LogP contribution < -0.4 is 10.5 Å². The van der Waals surface area contributed by atoms with Gasteiger partial charge in [-0.25, -0.2) is 0 Å². The number of aromatic nitrogens is 1. The lowest BCUT2D eigenvalue weighted by molar-refractivity contribution is 0.407. The average Bonchev–Trinajstić information content (AvgIpc) is 2.62. The third-order valence-electron chi connectivity index (χ3n) is 2.39. The first-order valence-corrected chi connectivity index (χ1v) is 4.63. The Morgan fingerprint density at radius 2 is 2.21 bits per heavy atom. The first-order chi connectivity index (χ1) is 6.72. The molecule has 0 aliphatic rings. The molecule has 2 aromatic rings. The van der Waals surface area contributed by atoms with Gasteiger partial charge in [0.25, 0.3) is 0 Å². The van der Waals surface area contributed by atoms with Gasteiger partial charge in [-0.1, -0.05) is 0 Å². The summed E-state index contributed by atoms with van der Waals surface area (Å²) in [5.74, 6) is 0.854. The second-order valence-electron chi connectivity index (χ2n) is 3.45. The quantitative estimate of drug-likeness (QED) is 0.762. The van der Waals surface area contributed by atoms with Crippen molar-refractivity contribution in [2.45, 2.75) is 13.0 Å². The maximum atomic E-state index is 5.86. The summed E-state index contributed by atoms with van der Waals surface area (Å²) >= 11 is 0. The van der Waals surface area contributed by atoms with E-state index in [4.69, 9.17) is 10.5 Å². The lowest BCUT2D eigenvalue weighted by Gasteiger charge is -2.11. The van der Waals surface area contributed by atoms with E-state index >= 15 is 0 Å². The second kappa shape index (κ2) is 3.35. The van der Waals surface area contributed by atoms with Crippen LogP contribution in [0, 0.1) is 0 Å². The zero-order valence-corrected chi connectivity index (χ0v) is 8.37. The largest absolute Gasteiger partial charge is 0.496 e. The van der Waals surface area contributed by atoms with E-state index in [1.54, 1.807) is 7.11 Å². The minimum absolute atomic E-state index is 0.0161. The molecule has 0 fully saturated rings. The summed E-state index contributed by atoms with van der Waals surface area (Å²) < 4.78 is 5.29. The maximum Gasteiger partial charge on any atom is 0.124 e. The van der Waals surface area contributed by atoms with Gasteiger partial charge in [-0.05, 0) is 25.1 Å². The predicted molar refractivity (Wildman–Crippen MR) is 57.5 cm³/mol. The van der Waals surface area contributed by atoms with Crippen LogP contribution in [0.25, 0.3) is 10.9 Å². The monoisotopic (exact) mass is 190 g/mol. The molecular formula is C11H14N2O. The third kappa shape index (κ3) is 1.36. The summed E-state index contributed by atoms with van der Waals surface area (Å²) in [5, 5.41) is 1.14. The zero-order valence-electron chi connectivity index (χ0n) is 8.37. The molecule has 3 N–H and O–H groups in total. The molecule has 0 aliphatic heterocycles. The van der Waals surface area contributed by atoms with Gasteiger partial charge in [0.05, 0.1) is 7.11 Å². The summed E-state index contributed by atoms with van der Waals surface area (Å²) in [7, 11) is 1.67. The van der Waals surface area contributed by atoms with Crippen molar-refractivity contribution >= 4 is 10.9 Å². The maximum absolute atomic E-state index is 5.86. The minimum Gasteiger partial charge on any atom is -0.496 e. The molecule has 0 aliphatic carbocycles. The van der Waals surface area contributed by atoms with E-state index in [9.17, 15) is 0 Å². The first-order valence-electron chi connectivity index (χ1n) is 4.63. The Morgan fingerprint density at radius 3 is 2.86 bits per heavy atom. The number of nitrogens with two attached hydrogens (primary N) is 1. The van der Waals surface area contributed by atoms with E-state index in [0.717, 1.165) is 22.2 Å². The molecule has 3 heteroatoms. The molecule has 0 saturated heterocycles. The smallest absolute Gasteiger partial charge is 0.124 e. The van der Waals surface area contributed by atoms with Crippen LogP contribution in [0.1, 0.15) is 18.5 Å². The lowest BCUT2D eigenvalue weighted by atomic mass is 10.1. The Morgan fingerprint density at radius 1 is 1.43 bits per heavy atom. The minimum atomic E-state index is -0.0161. The molecule has 0 saturated carbocycles. The summed E-state index contributed by atoms with van der Waals surface area (Å²) in [5.41, 5.74) is 7.98. The van der Waals surface area contributed by atoms with E-state index in [1.807, 2.05) is 31.3 Å². The number of H-pyrrole nitrogens is 1. The molecule has 0 amide bonds. The number of nitrogens with one attached hydrogen (secondary N) is 1. The highest BCUT2D eigenvalue weighted by Gasteiger charge is 2.09. The Labute approximate surface area is 82.9 Å². The van der Waals surface area contributed by atoms with Crippen LogP contribution in [0.2, 0.25) is 0 Å². The summed E-state index contributed by atoms with van der Waals surface area (Å²) in [4.78, 5) is 3.16. The number of aromatic amines is 1. The fourth-order valence-corrected chi connectivity index (χ4v) is 1.63. The molecule has 14 heavy (non-hydrogen) atoms. The fraction of sp³-hybridized carbons (Fsp3) is 0.273. The Bertz CT molecular complexity index is 445. The standard InChI is InChI=1S/C11H14N2O/c1-7(12)9-6-10-8(3-4-13-10)5-11(9)14-2/h3-7,13H,12H2,1-2H3. The number of benzene rings is 1. The molecule has 74 valence electrons. The van der Waals surface area contributed by atoms with Crippen LogP contribution in [-0.2, 0) is 0 Å². The van der Waals surface area contributed by atoms with E-state index in [-0.39, 0.29) is 6.04 Å². The van der Waals surface area contributed by atoms with E-state index in [2.05, 4.69) is 4.98 Å². The zero-order chi connectivity index (χ0) is 10.1. The van der Waals surface area contributed by atoms with Gasteiger partial charge in [0.15, 0.2) is 0 Å². The van der Waals surface area contributed by atoms with Crippen molar-refractivity contribution in [3.8, 4) is 5.75 Å². The van der Waals surface area contributed by atoms with Crippen LogP contribution in [0.15, 0.2) is 24.4 Å². The average molecular weight is 190 g/mol. The van der Waals surface area contributed by atoms with Gasteiger partial charge in [-0.3, -0.25) is 0 Å². The van der Waals surface area contributed by atoms with Crippen LogP contribution in [-0.4, -0.2) is 12.1 Å². The SMILES string of the molecule is COc1cc2cc[nH]c2cc1C(C)N. The summed E-state index contributed by atoms with van der Waals surface area (Å²) in [6.07, 6.45) is 1.91. The van der Waals surface area contributed by atoms with Gasteiger partial charge in [0, 0.05) is 28.7 Å². The van der Waals surface area contributed by atoms with E-state index in [1.165, 1.54) is 0 Å². The summed E-state index contributed by atoms with van der Waals surface area (Å²) in [6, 6.07) is 6.05. The molecule has 0 radical (unpaired) electrons. The van der Waals surface area contributed by atoms with Crippen LogP contribution in [0.3, 0.4) is 0 Å². The van der Waals surface area contributed by atoms with Crippen molar-refractivity contribution < 1.29 is 4.74 Å². The topological polar surface area (TPSA) is 51.0 Å². The van der Waals surface area contributed by atoms with Gasteiger partial charge in [-0.2, -0.15) is 0 Å². The molecule has 1 atom stereocenters. The molecule has 3 nitrogen and oxygen atoms in total. The molecule has 1 aromatic carbocycles. The van der Waals surface area contributed by atoms with Crippen molar-refractivity contribution in [3.63, 3.8) is 0 Å². The number of hydrogen-bond donors (Lipinski definition) is 2. The Kier molecular flexibility index (Phi) is 2.17. The third-order valence-corrected chi connectivity index (χ3v) is 2.39. The number of ether oxygens (including phenoxy) is 1. The van der Waals surface area contributed by atoms with Gasteiger partial charge in [-0.15, -0.1) is 0 Å². The van der Waals surface area contributed by atoms with Crippen molar-refractivity contribution in [2.24, 2.45) is 5.73 Å². The molecule has 0 bridgehead atoms. The van der Waals surface area contributed by atoms with Crippen molar-refractivity contribution in [1.82, 2.24) is 4.98 Å². The highest BCUT2D eigenvalue weighted by molar-refractivity contribution is 5.82. The van der Waals surface area contributed by atoms with Gasteiger partial charge in [0.1, 0.15) is 5.75 Å². The van der Waals surface area contributed by atoms with Gasteiger partial charge >= 0.3 is 0 Å². The number of fused-ring (bicyclic) bond motifs is 1. The van der Waals surface area contributed by atoms with Crippen LogP contribution >= 0.6 is 0 Å². The number of hydrogen-bond acceptors (Lipinski definition) is 2. The van der Waals surface area contributed by atoms with E-state index < -0.39 is 0 Å². The Hall–Kier alpha value is -1.48. The highest BCUT2D eigenvalue weighted by atomic mass is 16.5. The van der Waals surface area contributed by atoms with Gasteiger partial charge < -0.3 is 15.5 Å². The van der Waals surface area contributed by atoms with Crippen molar-refractivity contribution in [3.05, 3.63) is 30.0 Å². The first kappa shape index (κ1) is 9.09. The van der Waals surface area contributed by atoms with Gasteiger partial charge in [0.2, 0.25) is 0 Å². The number of rotatable bonds is 2. The summed E-state index contributed by atoms with van der Waals surface area (Å²) in [6.45, 7) is 1.95. The van der Waals surface area contributed by atoms with Crippen molar-refractivity contribution in [2.75, 3.05) is 7.11 Å². The van der Waals surface area contributed by atoms with Crippen molar-refractivity contribution in [1.29, 1.82) is 0 Å². The normalized spacial score (nSPS) is 13.1. The molecule has 0 spiro atoms. The predicted octanol–water partition coefficient (Wildman–Crippen LogP) is 2.20. The van der Waals surface area contributed by atoms with Crippen LogP contribution in [0.4, 0.5) is 0 Å². The number of methoxy groups -OCH3 is 1. The van der Waals surface area contributed by atoms with E-state index in [0.29, 0.717) is 0 Å². The molecule has 1 unspecified atom stereocenters. The molecular weight excluding hydrogens is 176 g/mol.